The van der Waals surface area contributed by atoms with Gasteiger partial charge in [-0.25, -0.2) is 0 Å². The monoisotopic (exact) mass is 437 g/mol. The van der Waals surface area contributed by atoms with Gasteiger partial charge in [-0.05, 0) is 50.3 Å². The van der Waals surface area contributed by atoms with Gasteiger partial charge in [-0.3, -0.25) is 20.2 Å². The molecule has 136 valence electrons. The number of benzene rings is 2. The molecule has 0 radical (unpaired) electrons. The molecule has 0 saturated heterocycles. The Bertz CT molecular complexity index is 873. The van der Waals surface area contributed by atoms with Crippen molar-refractivity contribution in [3.8, 4) is 5.75 Å². The van der Waals surface area contributed by atoms with Gasteiger partial charge in [0.2, 0.25) is 0 Å². The van der Waals surface area contributed by atoms with Crippen molar-refractivity contribution in [2.24, 2.45) is 0 Å². The molecule has 1 amide bonds. The van der Waals surface area contributed by atoms with E-state index in [1.807, 2.05) is 6.92 Å². The number of rotatable bonds is 5. The van der Waals surface area contributed by atoms with E-state index in [9.17, 15) is 14.9 Å². The average Bonchev–Trinajstić information content (AvgIpc) is 2.58. The molecule has 0 heterocycles. The number of amides is 1. The maximum absolute atomic E-state index is 12.5. The van der Waals surface area contributed by atoms with Crippen molar-refractivity contribution in [1.82, 2.24) is 5.32 Å². The van der Waals surface area contributed by atoms with Crippen LogP contribution in [0.4, 0.5) is 11.4 Å². The van der Waals surface area contributed by atoms with Crippen molar-refractivity contribution in [3.05, 3.63) is 62.1 Å². The first-order valence-electron chi connectivity index (χ1n) is 7.62. The van der Waals surface area contributed by atoms with Gasteiger partial charge >= 0.3 is 0 Å². The van der Waals surface area contributed by atoms with E-state index in [1.165, 1.54) is 6.07 Å². The van der Waals surface area contributed by atoms with Crippen LogP contribution in [-0.2, 0) is 0 Å². The molecule has 0 fully saturated rings. The first kappa shape index (κ1) is 19.8. The van der Waals surface area contributed by atoms with Gasteiger partial charge in [0.05, 0.1) is 28.3 Å². The summed E-state index contributed by atoms with van der Waals surface area (Å²) in [6.07, 6.45) is 0. The number of halogens is 1. The molecule has 9 heteroatoms. The number of nitrogens with zero attached hydrogens (tertiary/aromatic N) is 1. The maximum atomic E-state index is 12.5. The highest BCUT2D eigenvalue weighted by Crippen LogP contribution is 2.25. The number of anilines is 1. The molecule has 7 nitrogen and oxygen atoms in total. The average molecular weight is 438 g/mol. The summed E-state index contributed by atoms with van der Waals surface area (Å²) in [5.41, 5.74) is 1.16. The zero-order chi connectivity index (χ0) is 19.3. The van der Waals surface area contributed by atoms with E-state index < -0.39 is 10.8 Å². The third-order valence-electron chi connectivity index (χ3n) is 3.46. The van der Waals surface area contributed by atoms with Crippen molar-refractivity contribution in [2.45, 2.75) is 13.8 Å². The van der Waals surface area contributed by atoms with Crippen LogP contribution in [0.5, 0.6) is 5.75 Å². The fraction of sp³-hybridized carbons (Fsp3) is 0.176. The molecule has 0 aliphatic carbocycles. The zero-order valence-corrected chi connectivity index (χ0v) is 16.4. The summed E-state index contributed by atoms with van der Waals surface area (Å²) in [4.78, 5) is 23.0. The summed E-state index contributed by atoms with van der Waals surface area (Å²) in [6.45, 7) is 3.84. The number of nitro benzene ring substituents is 1. The summed E-state index contributed by atoms with van der Waals surface area (Å²) in [7, 11) is 0. The molecule has 26 heavy (non-hydrogen) atoms. The van der Waals surface area contributed by atoms with Gasteiger partial charge in [0.15, 0.2) is 5.11 Å². The normalized spacial score (nSPS) is 10.1. The van der Waals surface area contributed by atoms with Crippen LogP contribution in [0.1, 0.15) is 22.8 Å². The van der Waals surface area contributed by atoms with E-state index in [4.69, 9.17) is 17.0 Å². The Hall–Kier alpha value is -2.52. The smallest absolute Gasteiger partial charge is 0.274 e. The van der Waals surface area contributed by atoms with Crippen LogP contribution >= 0.6 is 28.1 Å². The van der Waals surface area contributed by atoms with Gasteiger partial charge in [-0.1, -0.05) is 22.0 Å². The number of carbonyl (C=O) groups is 1. The fourth-order valence-electron chi connectivity index (χ4n) is 2.24. The highest BCUT2D eigenvalue weighted by Gasteiger charge is 2.17. The molecule has 2 N–H and O–H groups in total. The van der Waals surface area contributed by atoms with Gasteiger partial charge in [0.1, 0.15) is 5.75 Å². The number of ether oxygens (including phenoxy) is 1. The lowest BCUT2D eigenvalue weighted by atomic mass is 10.1. The number of nitro groups is 1. The van der Waals surface area contributed by atoms with Gasteiger partial charge in [-0.2, -0.15) is 0 Å². The maximum Gasteiger partial charge on any atom is 0.274 e. The van der Waals surface area contributed by atoms with Gasteiger partial charge < -0.3 is 10.1 Å². The van der Waals surface area contributed by atoms with Crippen molar-refractivity contribution in [2.75, 3.05) is 11.9 Å². The number of carbonyl (C=O) groups excluding carboxylic acids is 1. The largest absolute Gasteiger partial charge is 0.493 e. The Morgan fingerprint density at radius 2 is 2.08 bits per heavy atom. The third kappa shape index (κ3) is 4.77. The van der Waals surface area contributed by atoms with Gasteiger partial charge in [0, 0.05) is 10.5 Å². The molecule has 0 unspecified atom stereocenters. The second-order valence-corrected chi connectivity index (χ2v) is 6.51. The predicted molar refractivity (Wildman–Crippen MR) is 107 cm³/mol. The van der Waals surface area contributed by atoms with E-state index in [0.717, 1.165) is 4.47 Å². The minimum absolute atomic E-state index is 0.0287. The Kier molecular flexibility index (Phi) is 6.64. The fourth-order valence-corrected chi connectivity index (χ4v) is 2.81. The Labute approximate surface area is 164 Å². The van der Waals surface area contributed by atoms with Crippen LogP contribution < -0.4 is 15.4 Å². The zero-order valence-electron chi connectivity index (χ0n) is 14.0. The lowest BCUT2D eigenvalue weighted by molar-refractivity contribution is -0.385. The van der Waals surface area contributed by atoms with E-state index in [1.54, 1.807) is 37.3 Å². The molecule has 0 aliphatic heterocycles. The van der Waals surface area contributed by atoms with Crippen molar-refractivity contribution in [1.29, 1.82) is 0 Å². The minimum atomic E-state index is -0.474. The highest BCUT2D eigenvalue weighted by molar-refractivity contribution is 9.10. The Morgan fingerprint density at radius 3 is 2.73 bits per heavy atom. The van der Waals surface area contributed by atoms with Crippen LogP contribution in [0, 0.1) is 17.0 Å². The van der Waals surface area contributed by atoms with Crippen LogP contribution in [0.3, 0.4) is 0 Å². The molecule has 2 aromatic carbocycles. The molecular formula is C17H16BrN3O4S. The lowest BCUT2D eigenvalue weighted by Crippen LogP contribution is -2.34. The summed E-state index contributed by atoms with van der Waals surface area (Å²) in [6, 6.07) is 9.67. The number of nitrogens with one attached hydrogen (secondary N) is 2. The first-order valence-corrected chi connectivity index (χ1v) is 8.82. The summed E-state index contributed by atoms with van der Waals surface area (Å²) in [5, 5.41) is 16.4. The predicted octanol–water partition coefficient (Wildman–Crippen LogP) is 4.19. The standard InChI is InChI=1S/C17H16BrN3O4S/c1-3-25-15-8-7-11(18)9-12(15)16(22)20-17(26)19-13-5-4-6-14(10(13)2)21(23)24/h4-9H,3H2,1-2H3,(H2,19,20,22,26). The van der Waals surface area contributed by atoms with Crippen molar-refractivity contribution < 1.29 is 14.5 Å². The molecule has 0 spiro atoms. The van der Waals surface area contributed by atoms with Crippen molar-refractivity contribution in [3.63, 3.8) is 0 Å². The summed E-state index contributed by atoms with van der Waals surface area (Å²) >= 11 is 8.48. The molecule has 0 atom stereocenters. The Balaban J connectivity index is 2.16. The molecule has 0 aliphatic rings. The number of hydrogen-bond donors (Lipinski definition) is 2. The van der Waals surface area contributed by atoms with E-state index in [0.29, 0.717) is 29.2 Å². The van der Waals surface area contributed by atoms with Crippen molar-refractivity contribution >= 4 is 50.5 Å². The molecule has 0 bridgehead atoms. The summed E-state index contributed by atoms with van der Waals surface area (Å²) in [5.74, 6) is -0.0159. The summed E-state index contributed by atoms with van der Waals surface area (Å²) < 4.78 is 6.18. The van der Waals surface area contributed by atoms with Crippen LogP contribution in [0.25, 0.3) is 0 Å². The van der Waals surface area contributed by atoms with E-state index >= 15 is 0 Å². The molecule has 0 saturated carbocycles. The van der Waals surface area contributed by atoms with Crippen LogP contribution in [0.2, 0.25) is 0 Å². The second kappa shape index (κ2) is 8.72. The van der Waals surface area contributed by atoms with Gasteiger partial charge in [0.25, 0.3) is 11.6 Å². The first-order chi connectivity index (χ1) is 12.3. The van der Waals surface area contributed by atoms with E-state index in [-0.39, 0.29) is 10.8 Å². The Morgan fingerprint density at radius 1 is 1.35 bits per heavy atom. The topological polar surface area (TPSA) is 93.5 Å². The number of hydrogen-bond acceptors (Lipinski definition) is 5. The van der Waals surface area contributed by atoms with E-state index in [2.05, 4.69) is 26.6 Å². The second-order valence-electron chi connectivity index (χ2n) is 5.19. The minimum Gasteiger partial charge on any atom is -0.493 e. The SMILES string of the molecule is CCOc1ccc(Br)cc1C(=O)NC(=S)Nc1cccc([N+](=O)[O-])c1C. The van der Waals surface area contributed by atoms with Crippen LogP contribution in [-0.4, -0.2) is 22.5 Å². The molecule has 0 aromatic heterocycles. The van der Waals surface area contributed by atoms with Gasteiger partial charge in [-0.15, -0.1) is 0 Å². The quantitative estimate of drug-likeness (QED) is 0.413. The molecular weight excluding hydrogens is 422 g/mol. The lowest BCUT2D eigenvalue weighted by Gasteiger charge is -2.14. The molecule has 2 aromatic rings. The van der Waals surface area contributed by atoms with Crippen LogP contribution in [0.15, 0.2) is 40.9 Å². The molecule has 2 rings (SSSR count). The number of thiocarbonyl (C=S) groups is 1. The highest BCUT2D eigenvalue weighted by atomic mass is 79.9. The third-order valence-corrected chi connectivity index (χ3v) is 4.16.